The van der Waals surface area contributed by atoms with Crippen molar-refractivity contribution < 1.29 is 13.2 Å². The summed E-state index contributed by atoms with van der Waals surface area (Å²) in [6.07, 6.45) is 0.320. The maximum absolute atomic E-state index is 13.2. The van der Waals surface area contributed by atoms with E-state index in [0.29, 0.717) is 5.56 Å². The van der Waals surface area contributed by atoms with E-state index >= 15 is 0 Å². The lowest BCUT2D eigenvalue weighted by Gasteiger charge is -2.28. The maximum Gasteiger partial charge on any atom is 0.417 e. The first-order valence-corrected chi connectivity index (χ1v) is 8.08. The zero-order valence-corrected chi connectivity index (χ0v) is 14.1. The van der Waals surface area contributed by atoms with E-state index in [0.717, 1.165) is 32.0 Å². The highest BCUT2D eigenvalue weighted by Gasteiger charge is 2.36. The van der Waals surface area contributed by atoms with Crippen LogP contribution in [0.25, 0.3) is 11.3 Å². The molecule has 132 valence electrons. The number of alkyl halides is 3. The van der Waals surface area contributed by atoms with Crippen molar-refractivity contribution in [2.75, 3.05) is 20.1 Å². The molecular formula is C16H15ClF3N5. The molecule has 0 spiro atoms. The monoisotopic (exact) mass is 369 g/mol. The Balaban J connectivity index is 1.95. The van der Waals surface area contributed by atoms with Gasteiger partial charge in [0.15, 0.2) is 0 Å². The van der Waals surface area contributed by atoms with Crippen LogP contribution in [0.15, 0.2) is 18.5 Å². The molecule has 0 N–H and O–H groups in total. The summed E-state index contributed by atoms with van der Waals surface area (Å²) in [5, 5.41) is 12.7. The summed E-state index contributed by atoms with van der Waals surface area (Å²) in [6, 6.07) is 2.53. The Labute approximate surface area is 147 Å². The van der Waals surface area contributed by atoms with Crippen molar-refractivity contribution in [2.24, 2.45) is 0 Å². The normalized spacial score (nSPS) is 16.8. The highest BCUT2D eigenvalue weighted by atomic mass is 35.5. The van der Waals surface area contributed by atoms with Crippen LogP contribution in [0.1, 0.15) is 30.0 Å². The van der Waals surface area contributed by atoms with Gasteiger partial charge < -0.3 is 4.90 Å². The smallest absolute Gasteiger partial charge is 0.306 e. The quantitative estimate of drug-likeness (QED) is 0.756. The van der Waals surface area contributed by atoms with E-state index in [2.05, 4.69) is 15.0 Å². The summed E-state index contributed by atoms with van der Waals surface area (Å²) in [4.78, 5) is 6.16. The molecular weight excluding hydrogens is 355 g/mol. The van der Waals surface area contributed by atoms with Gasteiger partial charge in [0.25, 0.3) is 0 Å². The molecule has 0 radical (unpaired) electrons. The molecule has 1 aliphatic heterocycles. The summed E-state index contributed by atoms with van der Waals surface area (Å²) < 4.78 is 41.3. The molecule has 3 heterocycles. The van der Waals surface area contributed by atoms with E-state index in [1.165, 1.54) is 12.3 Å². The molecule has 0 aliphatic carbocycles. The second-order valence-corrected chi connectivity index (χ2v) is 6.43. The second kappa shape index (κ2) is 6.65. The number of hydrogen-bond donors (Lipinski definition) is 0. The number of nitriles is 1. The van der Waals surface area contributed by atoms with Crippen molar-refractivity contribution in [2.45, 2.75) is 25.1 Å². The summed E-state index contributed by atoms with van der Waals surface area (Å²) >= 11 is 5.80. The van der Waals surface area contributed by atoms with Crippen LogP contribution in [-0.4, -0.2) is 39.8 Å². The second-order valence-electron chi connectivity index (χ2n) is 6.07. The SMILES string of the molecule is CN1CCC(n2cc(-c3cc(C(F)(F)F)c(C#N)c(Cl)n3)cn2)CC1. The van der Waals surface area contributed by atoms with Crippen molar-refractivity contribution in [3.05, 3.63) is 34.7 Å². The topological polar surface area (TPSA) is 57.7 Å². The molecule has 5 nitrogen and oxygen atoms in total. The average Bonchev–Trinajstić information content (AvgIpc) is 3.04. The Kier molecular flexibility index (Phi) is 4.71. The molecule has 0 saturated carbocycles. The molecule has 1 saturated heterocycles. The highest BCUT2D eigenvalue weighted by Crippen LogP contribution is 2.36. The maximum atomic E-state index is 13.2. The summed E-state index contributed by atoms with van der Waals surface area (Å²) in [6.45, 7) is 1.89. The lowest BCUT2D eigenvalue weighted by molar-refractivity contribution is -0.137. The number of halogens is 4. The predicted molar refractivity (Wildman–Crippen MR) is 86.0 cm³/mol. The molecule has 0 amide bonds. The molecule has 0 bridgehead atoms. The highest BCUT2D eigenvalue weighted by molar-refractivity contribution is 6.30. The Morgan fingerprint density at radius 3 is 2.60 bits per heavy atom. The van der Waals surface area contributed by atoms with Gasteiger partial charge >= 0.3 is 6.18 Å². The van der Waals surface area contributed by atoms with Crippen molar-refractivity contribution in [3.8, 4) is 17.3 Å². The molecule has 0 unspecified atom stereocenters. The zero-order valence-electron chi connectivity index (χ0n) is 13.4. The van der Waals surface area contributed by atoms with Gasteiger partial charge in [-0.15, -0.1) is 0 Å². The van der Waals surface area contributed by atoms with Gasteiger partial charge in [-0.1, -0.05) is 11.6 Å². The van der Waals surface area contributed by atoms with E-state index in [-0.39, 0.29) is 11.7 Å². The Bertz CT molecular complexity index is 816. The van der Waals surface area contributed by atoms with Gasteiger partial charge in [0.05, 0.1) is 23.5 Å². The summed E-state index contributed by atoms with van der Waals surface area (Å²) in [7, 11) is 2.05. The largest absolute Gasteiger partial charge is 0.417 e. The van der Waals surface area contributed by atoms with E-state index < -0.39 is 22.5 Å². The molecule has 2 aromatic heterocycles. The molecule has 25 heavy (non-hydrogen) atoms. The number of piperidine rings is 1. The fourth-order valence-corrected chi connectivity index (χ4v) is 3.16. The van der Waals surface area contributed by atoms with E-state index in [9.17, 15) is 13.2 Å². The minimum absolute atomic E-state index is 0.0514. The third kappa shape index (κ3) is 3.62. The van der Waals surface area contributed by atoms with Crippen molar-refractivity contribution in [1.29, 1.82) is 5.26 Å². The summed E-state index contributed by atoms with van der Waals surface area (Å²) in [5.74, 6) is 0. The van der Waals surface area contributed by atoms with Crippen LogP contribution >= 0.6 is 11.6 Å². The minimum Gasteiger partial charge on any atom is -0.306 e. The Hall–Kier alpha value is -2.11. The van der Waals surface area contributed by atoms with Crippen LogP contribution in [0, 0.1) is 11.3 Å². The molecule has 0 atom stereocenters. The van der Waals surface area contributed by atoms with E-state index in [1.807, 2.05) is 7.05 Å². The van der Waals surface area contributed by atoms with Gasteiger partial charge in [0.1, 0.15) is 16.8 Å². The fraction of sp³-hybridized carbons (Fsp3) is 0.438. The molecule has 1 fully saturated rings. The summed E-state index contributed by atoms with van der Waals surface area (Å²) in [5.41, 5.74) is -1.26. The number of rotatable bonds is 2. The third-order valence-electron chi connectivity index (χ3n) is 4.35. The standard InChI is InChI=1S/C16H15ClF3N5/c1-24-4-2-11(3-5-24)25-9-10(8-22-25)14-6-13(16(18,19)20)12(7-21)15(17)23-14/h6,8-9,11H,2-5H2,1H3. The van der Waals surface area contributed by atoms with Crippen LogP contribution in [0.2, 0.25) is 5.15 Å². The lowest BCUT2D eigenvalue weighted by atomic mass is 10.1. The van der Waals surface area contributed by atoms with Crippen LogP contribution in [0.3, 0.4) is 0 Å². The van der Waals surface area contributed by atoms with Gasteiger partial charge in [-0.3, -0.25) is 4.68 Å². The molecule has 0 aromatic carbocycles. The number of pyridine rings is 1. The number of likely N-dealkylation sites (tertiary alicyclic amines) is 1. The first-order chi connectivity index (χ1) is 11.8. The first-order valence-electron chi connectivity index (χ1n) is 7.70. The van der Waals surface area contributed by atoms with Crippen LogP contribution in [0.4, 0.5) is 13.2 Å². The average molecular weight is 370 g/mol. The molecule has 1 aliphatic rings. The Morgan fingerprint density at radius 1 is 1.32 bits per heavy atom. The van der Waals surface area contributed by atoms with Crippen LogP contribution < -0.4 is 0 Å². The molecule has 2 aromatic rings. The van der Waals surface area contributed by atoms with Gasteiger partial charge in [-0.05, 0) is 39.0 Å². The first kappa shape index (κ1) is 17.7. The zero-order chi connectivity index (χ0) is 18.2. The number of aromatic nitrogens is 3. The van der Waals surface area contributed by atoms with Gasteiger partial charge in [-0.2, -0.15) is 23.5 Å². The Morgan fingerprint density at radius 2 is 2.00 bits per heavy atom. The van der Waals surface area contributed by atoms with Gasteiger partial charge in [0.2, 0.25) is 0 Å². The lowest BCUT2D eigenvalue weighted by Crippen LogP contribution is -2.31. The number of nitrogens with zero attached hydrogens (tertiary/aromatic N) is 5. The fourth-order valence-electron chi connectivity index (χ4n) is 2.92. The van der Waals surface area contributed by atoms with Crippen LogP contribution in [0.5, 0.6) is 0 Å². The van der Waals surface area contributed by atoms with E-state index in [1.54, 1.807) is 10.9 Å². The van der Waals surface area contributed by atoms with Gasteiger partial charge in [-0.25, -0.2) is 4.98 Å². The van der Waals surface area contributed by atoms with E-state index in [4.69, 9.17) is 16.9 Å². The van der Waals surface area contributed by atoms with Crippen molar-refractivity contribution in [3.63, 3.8) is 0 Å². The molecule has 3 rings (SSSR count). The third-order valence-corrected chi connectivity index (χ3v) is 4.63. The van der Waals surface area contributed by atoms with Gasteiger partial charge in [0, 0.05) is 11.8 Å². The molecule has 9 heteroatoms. The van der Waals surface area contributed by atoms with Crippen molar-refractivity contribution >= 4 is 11.6 Å². The minimum atomic E-state index is -4.68. The van der Waals surface area contributed by atoms with Crippen molar-refractivity contribution in [1.82, 2.24) is 19.7 Å². The predicted octanol–water partition coefficient (Wildman–Crippen LogP) is 3.76. The number of hydrogen-bond acceptors (Lipinski definition) is 4. The van der Waals surface area contributed by atoms with Crippen LogP contribution in [-0.2, 0) is 6.18 Å².